The van der Waals surface area contributed by atoms with Gasteiger partial charge in [-0.25, -0.2) is 9.97 Å². The Balaban J connectivity index is 1.92. The molecular formula is C18H16F2N4. The van der Waals surface area contributed by atoms with Crippen LogP contribution in [0.15, 0.2) is 55.0 Å². The average molecular weight is 326 g/mol. The smallest absolute Gasteiger partial charge is 0.287 e. The van der Waals surface area contributed by atoms with Gasteiger partial charge in [-0.15, -0.1) is 0 Å². The Kier molecular flexibility index (Phi) is 4.20. The minimum atomic E-state index is -3.01. The maximum Gasteiger partial charge on any atom is 0.287 e. The second-order valence-electron chi connectivity index (χ2n) is 5.61. The van der Waals surface area contributed by atoms with Crippen molar-refractivity contribution in [1.29, 1.82) is 0 Å². The maximum atomic E-state index is 13.4. The molecule has 0 spiro atoms. The van der Waals surface area contributed by atoms with Crippen molar-refractivity contribution in [3.8, 4) is 11.1 Å². The molecular weight excluding hydrogens is 310 g/mol. The molecule has 24 heavy (non-hydrogen) atoms. The van der Waals surface area contributed by atoms with Crippen LogP contribution in [0.25, 0.3) is 11.1 Å². The fourth-order valence-electron chi connectivity index (χ4n) is 2.35. The Morgan fingerprint density at radius 1 is 1.04 bits per heavy atom. The van der Waals surface area contributed by atoms with Crippen molar-refractivity contribution in [1.82, 2.24) is 15.0 Å². The molecule has 0 aliphatic carbocycles. The number of nitrogens with zero attached hydrogens (tertiary/aromatic N) is 3. The van der Waals surface area contributed by atoms with Crippen LogP contribution in [0, 0.1) is 6.92 Å². The molecule has 4 nitrogen and oxygen atoms in total. The third-order valence-corrected chi connectivity index (χ3v) is 3.43. The van der Waals surface area contributed by atoms with Crippen LogP contribution in [0.5, 0.6) is 0 Å². The van der Waals surface area contributed by atoms with Gasteiger partial charge < -0.3 is 5.32 Å². The van der Waals surface area contributed by atoms with Crippen LogP contribution in [0.4, 0.5) is 20.4 Å². The SMILES string of the molecule is Cc1cc(Nc2nccc(C(C)(F)F)n2)cc(-c2cccnc2)c1. The van der Waals surface area contributed by atoms with Crippen LogP contribution in [-0.2, 0) is 5.92 Å². The van der Waals surface area contributed by atoms with Gasteiger partial charge in [0, 0.05) is 36.8 Å². The summed E-state index contributed by atoms with van der Waals surface area (Å²) < 4.78 is 26.8. The van der Waals surface area contributed by atoms with Gasteiger partial charge in [-0.1, -0.05) is 12.1 Å². The molecule has 0 saturated carbocycles. The number of hydrogen-bond acceptors (Lipinski definition) is 4. The summed E-state index contributed by atoms with van der Waals surface area (Å²) in [5, 5.41) is 2.99. The molecule has 3 rings (SSSR count). The summed E-state index contributed by atoms with van der Waals surface area (Å²) in [5.74, 6) is -2.87. The largest absolute Gasteiger partial charge is 0.324 e. The van der Waals surface area contributed by atoms with Gasteiger partial charge in [0.1, 0.15) is 5.69 Å². The summed E-state index contributed by atoms with van der Waals surface area (Å²) in [6, 6.07) is 10.9. The van der Waals surface area contributed by atoms with Gasteiger partial charge in [0.15, 0.2) is 0 Å². The number of rotatable bonds is 4. The van der Waals surface area contributed by atoms with Crippen molar-refractivity contribution < 1.29 is 8.78 Å². The zero-order chi connectivity index (χ0) is 17.2. The van der Waals surface area contributed by atoms with E-state index in [4.69, 9.17) is 0 Å². The molecule has 2 aromatic heterocycles. The summed E-state index contributed by atoms with van der Waals surface area (Å²) in [6.07, 6.45) is 4.80. The van der Waals surface area contributed by atoms with Crippen LogP contribution in [0.1, 0.15) is 18.2 Å². The minimum absolute atomic E-state index is 0.136. The molecule has 1 aromatic carbocycles. The zero-order valence-corrected chi connectivity index (χ0v) is 13.3. The highest BCUT2D eigenvalue weighted by atomic mass is 19.3. The number of alkyl halides is 2. The van der Waals surface area contributed by atoms with Gasteiger partial charge in [-0.2, -0.15) is 8.78 Å². The molecule has 2 heterocycles. The number of anilines is 2. The first-order valence-corrected chi connectivity index (χ1v) is 7.42. The number of pyridine rings is 1. The molecule has 0 amide bonds. The minimum Gasteiger partial charge on any atom is -0.324 e. The van der Waals surface area contributed by atoms with Gasteiger partial charge in [-0.3, -0.25) is 4.98 Å². The van der Waals surface area contributed by atoms with Gasteiger partial charge in [0.2, 0.25) is 5.95 Å². The molecule has 6 heteroatoms. The first-order valence-electron chi connectivity index (χ1n) is 7.42. The van der Waals surface area contributed by atoms with Gasteiger partial charge in [-0.05, 0) is 42.3 Å². The topological polar surface area (TPSA) is 50.7 Å². The molecule has 122 valence electrons. The van der Waals surface area contributed by atoms with E-state index in [9.17, 15) is 8.78 Å². The summed E-state index contributed by atoms with van der Waals surface area (Å²) in [7, 11) is 0. The zero-order valence-electron chi connectivity index (χ0n) is 13.3. The van der Waals surface area contributed by atoms with Crippen molar-refractivity contribution in [2.75, 3.05) is 5.32 Å². The third-order valence-electron chi connectivity index (χ3n) is 3.43. The quantitative estimate of drug-likeness (QED) is 0.755. The second kappa shape index (κ2) is 6.31. The Hall–Kier alpha value is -2.89. The molecule has 0 bridgehead atoms. The Bertz CT molecular complexity index is 845. The van der Waals surface area contributed by atoms with E-state index < -0.39 is 5.92 Å². The molecule has 1 N–H and O–H groups in total. The highest BCUT2D eigenvalue weighted by Crippen LogP contribution is 2.27. The Morgan fingerprint density at radius 2 is 1.88 bits per heavy atom. The van der Waals surface area contributed by atoms with Crippen LogP contribution in [0.3, 0.4) is 0 Å². The van der Waals surface area contributed by atoms with Gasteiger partial charge >= 0.3 is 0 Å². The van der Waals surface area contributed by atoms with E-state index in [0.29, 0.717) is 0 Å². The van der Waals surface area contributed by atoms with E-state index in [0.717, 1.165) is 29.3 Å². The summed E-state index contributed by atoms with van der Waals surface area (Å²) in [6.45, 7) is 2.77. The standard InChI is InChI=1S/C18H16F2N4/c1-12-8-14(13-4-3-6-21-11-13)10-15(9-12)23-17-22-7-5-16(24-17)18(2,19)20/h3-11H,1-2H3,(H,22,23,24). The van der Waals surface area contributed by atoms with Crippen LogP contribution < -0.4 is 5.32 Å². The van der Waals surface area contributed by atoms with Crippen molar-refractivity contribution in [3.05, 3.63) is 66.2 Å². The average Bonchev–Trinajstić information content (AvgIpc) is 2.54. The molecule has 0 aliphatic rings. The van der Waals surface area contributed by atoms with E-state index in [1.54, 1.807) is 12.4 Å². The number of benzene rings is 1. The van der Waals surface area contributed by atoms with Crippen molar-refractivity contribution in [2.24, 2.45) is 0 Å². The monoisotopic (exact) mass is 326 g/mol. The maximum absolute atomic E-state index is 13.4. The van der Waals surface area contributed by atoms with Crippen LogP contribution >= 0.6 is 0 Å². The fraction of sp³-hybridized carbons (Fsp3) is 0.167. The van der Waals surface area contributed by atoms with Crippen molar-refractivity contribution in [3.63, 3.8) is 0 Å². The first-order chi connectivity index (χ1) is 11.4. The summed E-state index contributed by atoms with van der Waals surface area (Å²) in [5.41, 5.74) is 3.38. The second-order valence-corrected chi connectivity index (χ2v) is 5.61. The van der Waals surface area contributed by atoms with E-state index >= 15 is 0 Å². The van der Waals surface area contributed by atoms with Gasteiger partial charge in [0.05, 0.1) is 0 Å². The predicted octanol–water partition coefficient (Wildman–Crippen LogP) is 4.70. The number of aryl methyl sites for hydroxylation is 1. The first kappa shape index (κ1) is 16.0. The Morgan fingerprint density at radius 3 is 2.58 bits per heavy atom. The van der Waals surface area contributed by atoms with E-state index in [2.05, 4.69) is 20.3 Å². The molecule has 0 aliphatic heterocycles. The number of aromatic nitrogens is 3. The van der Waals surface area contributed by atoms with Gasteiger partial charge in [0.25, 0.3) is 5.92 Å². The molecule has 3 aromatic rings. The molecule has 0 unspecified atom stereocenters. The molecule has 0 radical (unpaired) electrons. The number of hydrogen-bond donors (Lipinski definition) is 1. The lowest BCUT2D eigenvalue weighted by Crippen LogP contribution is -2.11. The lowest BCUT2D eigenvalue weighted by atomic mass is 10.0. The van der Waals surface area contributed by atoms with E-state index in [-0.39, 0.29) is 11.6 Å². The summed E-state index contributed by atoms with van der Waals surface area (Å²) >= 11 is 0. The molecule has 0 fully saturated rings. The highest BCUT2D eigenvalue weighted by Gasteiger charge is 2.26. The lowest BCUT2D eigenvalue weighted by Gasteiger charge is -2.12. The molecule has 0 saturated heterocycles. The lowest BCUT2D eigenvalue weighted by molar-refractivity contribution is 0.0128. The third kappa shape index (κ3) is 3.71. The predicted molar refractivity (Wildman–Crippen MR) is 89.3 cm³/mol. The van der Waals surface area contributed by atoms with Crippen molar-refractivity contribution in [2.45, 2.75) is 19.8 Å². The molecule has 0 atom stereocenters. The van der Waals surface area contributed by atoms with E-state index in [1.807, 2.05) is 37.3 Å². The van der Waals surface area contributed by atoms with Crippen LogP contribution in [0.2, 0.25) is 0 Å². The highest BCUT2D eigenvalue weighted by molar-refractivity contribution is 5.70. The fourth-order valence-corrected chi connectivity index (χ4v) is 2.35. The normalized spacial score (nSPS) is 11.3. The number of halogens is 2. The van der Waals surface area contributed by atoms with Crippen LogP contribution in [-0.4, -0.2) is 15.0 Å². The van der Waals surface area contributed by atoms with E-state index in [1.165, 1.54) is 12.3 Å². The number of nitrogens with one attached hydrogen (secondary N) is 1. The summed E-state index contributed by atoms with van der Waals surface area (Å²) in [4.78, 5) is 12.0. The van der Waals surface area contributed by atoms with Crippen molar-refractivity contribution >= 4 is 11.6 Å². The Labute approximate surface area is 138 Å².